The van der Waals surface area contributed by atoms with E-state index in [4.69, 9.17) is 4.74 Å². The zero-order valence-corrected chi connectivity index (χ0v) is 9.97. The maximum Gasteiger partial charge on any atom is 0.0757 e. The number of hydrogen-bond acceptors (Lipinski definition) is 3. The minimum Gasteiger partial charge on any atom is -0.370 e. The maximum absolute atomic E-state index is 5.85. The van der Waals surface area contributed by atoms with Crippen LogP contribution in [0.25, 0.3) is 0 Å². The molecule has 0 aromatic heterocycles. The molecule has 0 amide bonds. The molecule has 1 heterocycles. The van der Waals surface area contributed by atoms with Crippen LogP contribution in [0.1, 0.15) is 27.2 Å². The molecule has 0 aliphatic carbocycles. The number of morpholine rings is 1. The predicted molar refractivity (Wildman–Crippen MR) is 59.6 cm³/mol. The molecule has 1 atom stereocenters. The molecule has 1 unspecified atom stereocenters. The molecule has 14 heavy (non-hydrogen) atoms. The Labute approximate surface area is 87.8 Å². The van der Waals surface area contributed by atoms with Crippen molar-refractivity contribution in [3.05, 3.63) is 0 Å². The Morgan fingerprint density at radius 2 is 2.21 bits per heavy atom. The summed E-state index contributed by atoms with van der Waals surface area (Å²) in [4.78, 5) is 2.51. The van der Waals surface area contributed by atoms with Gasteiger partial charge in [0, 0.05) is 13.1 Å². The Kier molecular flexibility index (Phi) is 4.35. The van der Waals surface area contributed by atoms with E-state index in [0.29, 0.717) is 6.10 Å². The minimum atomic E-state index is 0.0251. The summed E-state index contributed by atoms with van der Waals surface area (Å²) in [5, 5.41) is 3.18. The summed E-state index contributed by atoms with van der Waals surface area (Å²) in [5.41, 5.74) is 0.0251. The van der Waals surface area contributed by atoms with Crippen LogP contribution in [-0.2, 0) is 4.74 Å². The molecule has 0 bridgehead atoms. The molecule has 1 aliphatic heterocycles. The molecule has 84 valence electrons. The summed E-state index contributed by atoms with van der Waals surface area (Å²) >= 11 is 0. The Morgan fingerprint density at radius 3 is 2.79 bits per heavy atom. The van der Waals surface area contributed by atoms with Crippen LogP contribution in [0.5, 0.6) is 0 Å². The summed E-state index contributed by atoms with van der Waals surface area (Å²) in [6.45, 7) is 10.9. The maximum atomic E-state index is 5.85. The Balaban J connectivity index is 2.30. The lowest BCUT2D eigenvalue weighted by atomic mass is 10.1. The van der Waals surface area contributed by atoms with Gasteiger partial charge >= 0.3 is 0 Å². The predicted octanol–water partition coefficient (Wildman–Crippen LogP) is 1.10. The molecule has 3 nitrogen and oxygen atoms in total. The number of hydrogen-bond donors (Lipinski definition) is 1. The second-order valence-electron chi connectivity index (χ2n) is 4.88. The van der Waals surface area contributed by atoms with Crippen LogP contribution in [0.2, 0.25) is 0 Å². The van der Waals surface area contributed by atoms with Crippen molar-refractivity contribution in [2.75, 3.05) is 33.2 Å². The third-order valence-corrected chi connectivity index (χ3v) is 2.54. The largest absolute Gasteiger partial charge is 0.370 e. The van der Waals surface area contributed by atoms with E-state index in [1.807, 2.05) is 7.05 Å². The van der Waals surface area contributed by atoms with Gasteiger partial charge < -0.3 is 10.1 Å². The van der Waals surface area contributed by atoms with Gasteiger partial charge in [0.1, 0.15) is 0 Å². The van der Waals surface area contributed by atoms with Gasteiger partial charge in [0.15, 0.2) is 0 Å². The third-order valence-electron chi connectivity index (χ3n) is 2.54. The summed E-state index contributed by atoms with van der Waals surface area (Å²) < 4.78 is 5.85. The highest BCUT2D eigenvalue weighted by molar-refractivity contribution is 4.82. The van der Waals surface area contributed by atoms with Gasteiger partial charge in [-0.3, -0.25) is 4.90 Å². The Morgan fingerprint density at radius 1 is 1.50 bits per heavy atom. The fourth-order valence-electron chi connectivity index (χ4n) is 2.24. The van der Waals surface area contributed by atoms with E-state index in [1.165, 1.54) is 13.0 Å². The van der Waals surface area contributed by atoms with Crippen molar-refractivity contribution >= 4 is 0 Å². The molecule has 1 saturated heterocycles. The fourth-order valence-corrected chi connectivity index (χ4v) is 2.24. The SMILES string of the molecule is CNCCCN1CC(C)OC(C)(C)C1. The quantitative estimate of drug-likeness (QED) is 0.688. The second kappa shape index (κ2) is 5.10. The van der Waals surface area contributed by atoms with E-state index >= 15 is 0 Å². The van der Waals surface area contributed by atoms with Gasteiger partial charge in [-0.2, -0.15) is 0 Å². The number of rotatable bonds is 4. The van der Waals surface area contributed by atoms with Crippen molar-refractivity contribution in [2.45, 2.75) is 38.9 Å². The Bertz CT molecular complexity index is 171. The molecule has 0 spiro atoms. The zero-order valence-electron chi connectivity index (χ0n) is 9.97. The number of nitrogens with zero attached hydrogens (tertiary/aromatic N) is 1. The van der Waals surface area contributed by atoms with Crippen molar-refractivity contribution < 1.29 is 4.74 Å². The molecule has 1 fully saturated rings. The van der Waals surface area contributed by atoms with Gasteiger partial charge in [0.05, 0.1) is 11.7 Å². The first kappa shape index (κ1) is 12.0. The van der Waals surface area contributed by atoms with Crippen LogP contribution in [0, 0.1) is 0 Å². The Hall–Kier alpha value is -0.120. The van der Waals surface area contributed by atoms with Crippen molar-refractivity contribution in [3.63, 3.8) is 0 Å². The lowest BCUT2D eigenvalue weighted by Crippen LogP contribution is -2.52. The van der Waals surface area contributed by atoms with Gasteiger partial charge in [0.25, 0.3) is 0 Å². The molecule has 0 aromatic rings. The van der Waals surface area contributed by atoms with Gasteiger partial charge in [-0.1, -0.05) is 0 Å². The van der Waals surface area contributed by atoms with Gasteiger partial charge in [-0.25, -0.2) is 0 Å². The average Bonchev–Trinajstić information content (AvgIpc) is 2.00. The highest BCUT2D eigenvalue weighted by Crippen LogP contribution is 2.20. The van der Waals surface area contributed by atoms with Crippen molar-refractivity contribution in [2.24, 2.45) is 0 Å². The van der Waals surface area contributed by atoms with E-state index in [9.17, 15) is 0 Å². The van der Waals surface area contributed by atoms with E-state index in [2.05, 4.69) is 31.0 Å². The molecule has 0 saturated carbocycles. The standard InChI is InChI=1S/C11H24N2O/c1-10-8-13(7-5-6-12-4)9-11(2,3)14-10/h10,12H,5-9H2,1-4H3. The molecule has 1 N–H and O–H groups in total. The molecule has 0 radical (unpaired) electrons. The van der Waals surface area contributed by atoms with Crippen molar-refractivity contribution in [1.82, 2.24) is 10.2 Å². The molecule has 0 aromatic carbocycles. The van der Waals surface area contributed by atoms with Crippen LogP contribution in [0.3, 0.4) is 0 Å². The highest BCUT2D eigenvalue weighted by atomic mass is 16.5. The monoisotopic (exact) mass is 200 g/mol. The second-order valence-corrected chi connectivity index (χ2v) is 4.88. The van der Waals surface area contributed by atoms with Gasteiger partial charge in [-0.15, -0.1) is 0 Å². The summed E-state index contributed by atoms with van der Waals surface area (Å²) in [5.74, 6) is 0. The third kappa shape index (κ3) is 3.95. The van der Waals surface area contributed by atoms with E-state index in [1.54, 1.807) is 0 Å². The summed E-state index contributed by atoms with van der Waals surface area (Å²) in [6, 6.07) is 0. The van der Waals surface area contributed by atoms with E-state index < -0.39 is 0 Å². The summed E-state index contributed by atoms with van der Waals surface area (Å²) in [7, 11) is 2.01. The fraction of sp³-hybridized carbons (Fsp3) is 1.00. The van der Waals surface area contributed by atoms with Crippen LogP contribution in [0.15, 0.2) is 0 Å². The first-order valence-electron chi connectivity index (χ1n) is 5.58. The number of nitrogens with one attached hydrogen (secondary N) is 1. The van der Waals surface area contributed by atoms with Crippen LogP contribution in [0.4, 0.5) is 0 Å². The molecular weight excluding hydrogens is 176 g/mol. The van der Waals surface area contributed by atoms with E-state index in [-0.39, 0.29) is 5.60 Å². The van der Waals surface area contributed by atoms with Crippen LogP contribution in [-0.4, -0.2) is 49.8 Å². The van der Waals surface area contributed by atoms with Crippen LogP contribution < -0.4 is 5.32 Å². The lowest BCUT2D eigenvalue weighted by Gasteiger charge is -2.41. The molecular formula is C11H24N2O. The average molecular weight is 200 g/mol. The zero-order chi connectivity index (χ0) is 10.6. The highest BCUT2D eigenvalue weighted by Gasteiger charge is 2.30. The lowest BCUT2D eigenvalue weighted by molar-refractivity contribution is -0.128. The normalized spacial score (nSPS) is 27.9. The molecule has 1 rings (SSSR count). The van der Waals surface area contributed by atoms with Crippen molar-refractivity contribution in [3.8, 4) is 0 Å². The van der Waals surface area contributed by atoms with Crippen LogP contribution >= 0.6 is 0 Å². The molecule has 3 heteroatoms. The minimum absolute atomic E-state index is 0.0251. The summed E-state index contributed by atoms with van der Waals surface area (Å²) in [6.07, 6.45) is 1.59. The van der Waals surface area contributed by atoms with Crippen molar-refractivity contribution in [1.29, 1.82) is 0 Å². The first-order valence-corrected chi connectivity index (χ1v) is 5.58. The topological polar surface area (TPSA) is 24.5 Å². The van der Waals surface area contributed by atoms with Gasteiger partial charge in [-0.05, 0) is 47.3 Å². The first-order chi connectivity index (χ1) is 6.53. The molecule has 1 aliphatic rings. The number of ether oxygens (including phenoxy) is 1. The smallest absolute Gasteiger partial charge is 0.0757 e. The van der Waals surface area contributed by atoms with Gasteiger partial charge in [0.2, 0.25) is 0 Å². The van der Waals surface area contributed by atoms with E-state index in [0.717, 1.165) is 19.6 Å².